The first-order valence-corrected chi connectivity index (χ1v) is 11.4. The molecule has 0 spiro atoms. The molecular formula is C20H26N2O5S. The Kier molecular flexibility index (Phi) is 4.95. The quantitative estimate of drug-likeness (QED) is 0.601. The van der Waals surface area contributed by atoms with E-state index < -0.39 is 21.4 Å². The molecule has 1 amide bonds. The van der Waals surface area contributed by atoms with Crippen molar-refractivity contribution in [1.82, 2.24) is 10.3 Å². The van der Waals surface area contributed by atoms with Crippen molar-refractivity contribution in [1.29, 1.82) is 0 Å². The third-order valence-corrected chi connectivity index (χ3v) is 7.94. The number of sulfonamides is 1. The monoisotopic (exact) mass is 406 g/mol. The largest absolute Gasteiger partial charge is 0.481 e. The number of nitrogens with one attached hydrogen (secondary N) is 2. The first-order valence-electron chi connectivity index (χ1n) is 9.89. The van der Waals surface area contributed by atoms with Crippen LogP contribution in [-0.4, -0.2) is 25.4 Å². The Hall–Kier alpha value is -1.93. The van der Waals surface area contributed by atoms with Crippen LogP contribution in [0.1, 0.15) is 50.5 Å². The number of aryl methyl sites for hydroxylation is 1. The van der Waals surface area contributed by atoms with Crippen molar-refractivity contribution < 1.29 is 23.1 Å². The first-order chi connectivity index (χ1) is 13.3. The fourth-order valence-corrected chi connectivity index (χ4v) is 6.62. The molecule has 4 bridgehead atoms. The van der Waals surface area contributed by atoms with Crippen LogP contribution >= 0.6 is 0 Å². The molecule has 3 N–H and O–H groups in total. The molecule has 4 aliphatic carbocycles. The predicted octanol–water partition coefficient (Wildman–Crippen LogP) is 2.23. The van der Waals surface area contributed by atoms with Gasteiger partial charge in [0.25, 0.3) is 10.0 Å². The van der Waals surface area contributed by atoms with Crippen LogP contribution < -0.4 is 10.3 Å². The van der Waals surface area contributed by atoms with Gasteiger partial charge in [0.1, 0.15) is 0 Å². The smallest absolute Gasteiger partial charge is 0.303 e. The zero-order chi connectivity index (χ0) is 19.9. The average molecular weight is 407 g/mol. The highest BCUT2D eigenvalue weighted by Crippen LogP contribution is 2.60. The third kappa shape index (κ3) is 3.80. The molecule has 7 nitrogen and oxygen atoms in total. The summed E-state index contributed by atoms with van der Waals surface area (Å²) in [6, 6.07) is 6.05. The van der Waals surface area contributed by atoms with Crippen molar-refractivity contribution in [3.05, 3.63) is 29.8 Å². The highest BCUT2D eigenvalue weighted by atomic mass is 32.2. The van der Waals surface area contributed by atoms with Gasteiger partial charge in [-0.2, -0.15) is 0 Å². The number of carbonyl (C=O) groups is 2. The Morgan fingerprint density at radius 3 is 2.04 bits per heavy atom. The van der Waals surface area contributed by atoms with Gasteiger partial charge in [0, 0.05) is 6.42 Å². The van der Waals surface area contributed by atoms with Crippen LogP contribution in [0, 0.1) is 23.2 Å². The van der Waals surface area contributed by atoms with Crippen LogP contribution in [0.2, 0.25) is 0 Å². The topological polar surface area (TPSA) is 113 Å². The van der Waals surface area contributed by atoms with Crippen molar-refractivity contribution in [3.63, 3.8) is 0 Å². The van der Waals surface area contributed by atoms with Crippen LogP contribution in [0.4, 0.5) is 0 Å². The number of carbonyl (C=O) groups excluding carboxylic acids is 1. The maximum atomic E-state index is 12.9. The molecule has 0 saturated heterocycles. The predicted molar refractivity (Wildman–Crippen MR) is 101 cm³/mol. The third-order valence-electron chi connectivity index (χ3n) is 6.68. The lowest BCUT2D eigenvalue weighted by Crippen LogP contribution is -2.56. The van der Waals surface area contributed by atoms with Crippen LogP contribution in [0.25, 0.3) is 0 Å². The molecule has 4 fully saturated rings. The molecule has 0 unspecified atom stereocenters. The highest BCUT2D eigenvalue weighted by Gasteiger charge is 2.54. The summed E-state index contributed by atoms with van der Waals surface area (Å²) >= 11 is 0. The standard InChI is InChI=1S/C20H26N2O5S/c23-18(24)6-3-13-1-4-17(5-2-13)28(26,27)22-21-19(25)20-10-14-7-15(11-20)9-16(8-14)12-20/h1-2,4-5,14-16,22H,3,6-12H2,(H,21,25)(H,23,24). The second kappa shape index (κ2) is 7.15. The Labute approximate surface area is 164 Å². The van der Waals surface area contributed by atoms with Gasteiger partial charge in [-0.3, -0.25) is 15.0 Å². The summed E-state index contributed by atoms with van der Waals surface area (Å²) in [4.78, 5) is 25.8. The van der Waals surface area contributed by atoms with Gasteiger partial charge >= 0.3 is 5.97 Å². The van der Waals surface area contributed by atoms with E-state index in [-0.39, 0.29) is 17.2 Å². The Morgan fingerprint density at radius 1 is 1.00 bits per heavy atom. The van der Waals surface area contributed by atoms with Crippen molar-refractivity contribution in [2.24, 2.45) is 23.2 Å². The molecule has 1 aromatic rings. The van der Waals surface area contributed by atoms with Gasteiger partial charge in [0.15, 0.2) is 0 Å². The van der Waals surface area contributed by atoms with Gasteiger partial charge in [-0.15, -0.1) is 4.83 Å². The summed E-state index contributed by atoms with van der Waals surface area (Å²) in [5.41, 5.74) is 2.81. The number of hydrogen-bond acceptors (Lipinski definition) is 4. The number of rotatable bonds is 7. The summed E-state index contributed by atoms with van der Waals surface area (Å²) < 4.78 is 25.0. The fraction of sp³-hybridized carbons (Fsp3) is 0.600. The van der Waals surface area contributed by atoms with Gasteiger partial charge in [0.05, 0.1) is 10.3 Å². The average Bonchev–Trinajstić information content (AvgIpc) is 2.63. The van der Waals surface area contributed by atoms with E-state index >= 15 is 0 Å². The van der Waals surface area contributed by atoms with E-state index in [1.54, 1.807) is 12.1 Å². The lowest BCUT2D eigenvalue weighted by atomic mass is 9.49. The van der Waals surface area contributed by atoms with E-state index in [2.05, 4.69) is 10.3 Å². The van der Waals surface area contributed by atoms with E-state index in [1.165, 1.54) is 31.4 Å². The minimum atomic E-state index is -3.87. The van der Waals surface area contributed by atoms with Crippen LogP contribution in [-0.2, 0) is 26.0 Å². The molecule has 5 rings (SSSR count). The maximum Gasteiger partial charge on any atom is 0.303 e. The van der Waals surface area contributed by atoms with E-state index in [0.717, 1.165) is 24.8 Å². The normalized spacial score (nSPS) is 30.9. The number of carboxylic acid groups (broad SMARTS) is 1. The number of hydrogen-bond donors (Lipinski definition) is 3. The summed E-state index contributed by atoms with van der Waals surface area (Å²) in [5, 5.41) is 8.72. The summed E-state index contributed by atoms with van der Waals surface area (Å²) in [6.07, 6.45) is 6.57. The molecule has 152 valence electrons. The molecule has 0 radical (unpaired) electrons. The van der Waals surface area contributed by atoms with Crippen molar-refractivity contribution in [2.45, 2.75) is 56.3 Å². The fourth-order valence-electron chi connectivity index (χ4n) is 5.78. The molecule has 0 aliphatic heterocycles. The second-order valence-electron chi connectivity index (χ2n) is 8.80. The molecule has 4 saturated carbocycles. The van der Waals surface area contributed by atoms with Crippen molar-refractivity contribution in [3.8, 4) is 0 Å². The molecule has 1 aromatic carbocycles. The highest BCUT2D eigenvalue weighted by molar-refractivity contribution is 7.89. The SMILES string of the molecule is O=C(O)CCc1ccc(S(=O)(=O)NNC(=O)C23CC4CC(CC(C4)C2)C3)cc1. The van der Waals surface area contributed by atoms with E-state index in [1.807, 2.05) is 0 Å². The van der Waals surface area contributed by atoms with Crippen LogP contribution in [0.3, 0.4) is 0 Å². The number of hydrazine groups is 1. The van der Waals surface area contributed by atoms with Gasteiger partial charge in [-0.05, 0) is 80.4 Å². The van der Waals surface area contributed by atoms with Gasteiger partial charge < -0.3 is 5.11 Å². The zero-order valence-corrected chi connectivity index (χ0v) is 16.5. The van der Waals surface area contributed by atoms with Gasteiger partial charge in [-0.25, -0.2) is 8.42 Å². The molecule has 0 atom stereocenters. The van der Waals surface area contributed by atoms with Crippen molar-refractivity contribution >= 4 is 21.9 Å². The van der Waals surface area contributed by atoms with Crippen LogP contribution in [0.15, 0.2) is 29.2 Å². The Bertz CT molecular complexity index is 843. The van der Waals surface area contributed by atoms with E-state index in [9.17, 15) is 18.0 Å². The lowest BCUT2D eigenvalue weighted by Gasteiger charge is -2.55. The molecule has 28 heavy (non-hydrogen) atoms. The van der Waals surface area contributed by atoms with E-state index in [0.29, 0.717) is 24.2 Å². The summed E-state index contributed by atoms with van der Waals surface area (Å²) in [5.74, 6) is 0.713. The second-order valence-corrected chi connectivity index (χ2v) is 10.5. The number of amides is 1. The number of carboxylic acids is 1. The summed E-state index contributed by atoms with van der Waals surface area (Å²) in [7, 11) is -3.87. The summed E-state index contributed by atoms with van der Waals surface area (Å²) in [6.45, 7) is 0. The minimum Gasteiger partial charge on any atom is -0.481 e. The molecule has 4 aliphatic rings. The maximum absolute atomic E-state index is 12.9. The molecule has 0 heterocycles. The van der Waals surface area contributed by atoms with Crippen molar-refractivity contribution in [2.75, 3.05) is 0 Å². The Morgan fingerprint density at radius 2 is 1.54 bits per heavy atom. The minimum absolute atomic E-state index is 0.00846. The number of benzene rings is 1. The van der Waals surface area contributed by atoms with Gasteiger partial charge in [-0.1, -0.05) is 12.1 Å². The number of aliphatic carboxylic acids is 1. The van der Waals surface area contributed by atoms with E-state index in [4.69, 9.17) is 5.11 Å². The molecule has 8 heteroatoms. The van der Waals surface area contributed by atoms with Crippen LogP contribution in [0.5, 0.6) is 0 Å². The Balaban J connectivity index is 1.38. The zero-order valence-electron chi connectivity index (χ0n) is 15.7. The molecule has 0 aromatic heterocycles. The first kappa shape index (κ1) is 19.4. The lowest BCUT2D eigenvalue weighted by molar-refractivity contribution is -0.146. The molecular weight excluding hydrogens is 380 g/mol. The van der Waals surface area contributed by atoms with Gasteiger partial charge in [0.2, 0.25) is 5.91 Å².